The molecule has 1 saturated heterocycles. The second-order valence-electron chi connectivity index (χ2n) is 5.88. The van der Waals surface area contributed by atoms with E-state index in [0.717, 1.165) is 12.8 Å². The first-order chi connectivity index (χ1) is 10.0. The fourth-order valence-corrected chi connectivity index (χ4v) is 2.66. The first-order valence-electron chi connectivity index (χ1n) is 7.11. The van der Waals surface area contributed by atoms with Gasteiger partial charge in [-0.1, -0.05) is 12.0 Å². The van der Waals surface area contributed by atoms with Gasteiger partial charge in [0.15, 0.2) is 0 Å². The number of hydrogen-bond acceptors (Lipinski definition) is 6. The summed E-state index contributed by atoms with van der Waals surface area (Å²) >= 11 is 0. The van der Waals surface area contributed by atoms with Crippen molar-refractivity contribution in [2.75, 3.05) is 25.0 Å². The van der Waals surface area contributed by atoms with Crippen LogP contribution in [0.4, 0.5) is 6.01 Å². The van der Waals surface area contributed by atoms with Gasteiger partial charge in [-0.05, 0) is 18.8 Å². The van der Waals surface area contributed by atoms with Crippen molar-refractivity contribution in [1.82, 2.24) is 15.1 Å². The number of nitrogens with zero attached hydrogens (tertiary/aromatic N) is 3. The summed E-state index contributed by atoms with van der Waals surface area (Å²) in [5, 5.41) is 19.3. The van der Waals surface area contributed by atoms with Crippen molar-refractivity contribution in [1.29, 1.82) is 0 Å². The van der Waals surface area contributed by atoms with E-state index in [1.807, 2.05) is 11.8 Å². The van der Waals surface area contributed by atoms with Gasteiger partial charge in [0.05, 0.1) is 12.5 Å². The lowest BCUT2D eigenvalue weighted by Crippen LogP contribution is -2.32. The number of rotatable bonds is 5. The second-order valence-corrected chi connectivity index (χ2v) is 5.88. The molecule has 3 rings (SSSR count). The summed E-state index contributed by atoms with van der Waals surface area (Å²) in [6.45, 7) is 3.01. The van der Waals surface area contributed by atoms with Crippen LogP contribution in [0.25, 0.3) is 0 Å². The highest BCUT2D eigenvalue weighted by molar-refractivity contribution is 5.90. The fraction of sp³-hybridized carbons (Fsp3) is 0.692. The number of carboxylic acids is 1. The second kappa shape index (κ2) is 5.44. The molecule has 1 amide bonds. The van der Waals surface area contributed by atoms with Crippen LogP contribution in [0.5, 0.6) is 0 Å². The van der Waals surface area contributed by atoms with Crippen molar-refractivity contribution in [2.24, 2.45) is 11.8 Å². The maximum Gasteiger partial charge on any atom is 0.322 e. The Morgan fingerprint density at radius 2 is 2.14 bits per heavy atom. The predicted octanol–water partition coefficient (Wildman–Crippen LogP) is 0.538. The highest BCUT2D eigenvalue weighted by Crippen LogP contribution is 2.39. The van der Waals surface area contributed by atoms with E-state index in [9.17, 15) is 9.59 Å². The molecule has 8 heteroatoms. The number of carboxylic acid groups (broad SMARTS) is 1. The molecule has 1 saturated carbocycles. The highest BCUT2D eigenvalue weighted by Gasteiger charge is 2.35. The van der Waals surface area contributed by atoms with Gasteiger partial charge in [0.2, 0.25) is 11.8 Å². The number of hydrogen-bond donors (Lipinski definition) is 2. The van der Waals surface area contributed by atoms with E-state index in [2.05, 4.69) is 15.5 Å². The largest absolute Gasteiger partial charge is 0.481 e. The lowest BCUT2D eigenvalue weighted by molar-refractivity contribution is -0.142. The zero-order chi connectivity index (χ0) is 15.0. The molecule has 1 aromatic heterocycles. The van der Waals surface area contributed by atoms with Crippen LogP contribution in [0, 0.1) is 11.8 Å². The molecule has 2 atom stereocenters. The van der Waals surface area contributed by atoms with Gasteiger partial charge in [0, 0.05) is 19.0 Å². The normalized spacial score (nSPS) is 26.0. The van der Waals surface area contributed by atoms with E-state index in [-0.39, 0.29) is 24.4 Å². The third-order valence-electron chi connectivity index (χ3n) is 3.99. The maximum absolute atomic E-state index is 11.9. The number of carbonyl (C=O) groups is 2. The first-order valence-corrected chi connectivity index (χ1v) is 7.11. The van der Waals surface area contributed by atoms with Gasteiger partial charge in [0.1, 0.15) is 0 Å². The molecular weight excluding hydrogens is 276 g/mol. The third kappa shape index (κ3) is 3.21. The lowest BCUT2D eigenvalue weighted by Gasteiger charge is -2.13. The van der Waals surface area contributed by atoms with Crippen molar-refractivity contribution < 1.29 is 19.1 Å². The van der Waals surface area contributed by atoms with Crippen LogP contribution in [-0.4, -0.2) is 51.7 Å². The van der Waals surface area contributed by atoms with Crippen LogP contribution < -0.4 is 5.32 Å². The quantitative estimate of drug-likeness (QED) is 0.815. The Balaban J connectivity index is 1.50. The summed E-state index contributed by atoms with van der Waals surface area (Å²) < 4.78 is 5.36. The monoisotopic (exact) mass is 294 g/mol. The number of aliphatic carboxylic acids is 1. The minimum Gasteiger partial charge on any atom is -0.481 e. The average Bonchev–Trinajstić information content (AvgIpc) is 3.05. The molecule has 21 heavy (non-hydrogen) atoms. The van der Waals surface area contributed by atoms with E-state index in [1.165, 1.54) is 0 Å². The number of aromatic nitrogens is 2. The number of carbonyl (C=O) groups excluding carboxylic acids is 1. The van der Waals surface area contributed by atoms with E-state index in [0.29, 0.717) is 24.9 Å². The summed E-state index contributed by atoms with van der Waals surface area (Å²) in [6.07, 6.45) is 2.11. The Bertz CT molecular complexity index is 554. The fourth-order valence-electron chi connectivity index (χ4n) is 2.66. The summed E-state index contributed by atoms with van der Waals surface area (Å²) in [6, 6.07) is 0.115. The lowest BCUT2D eigenvalue weighted by atomic mass is 9.99. The molecule has 0 aromatic carbocycles. The Morgan fingerprint density at radius 3 is 2.76 bits per heavy atom. The van der Waals surface area contributed by atoms with Crippen molar-refractivity contribution in [3.8, 4) is 0 Å². The molecule has 1 aliphatic heterocycles. The van der Waals surface area contributed by atoms with Crippen LogP contribution in [0.1, 0.15) is 31.6 Å². The zero-order valence-corrected chi connectivity index (χ0v) is 11.8. The zero-order valence-electron chi connectivity index (χ0n) is 11.8. The molecule has 0 bridgehead atoms. The Labute approximate surface area is 121 Å². The summed E-state index contributed by atoms with van der Waals surface area (Å²) in [5.41, 5.74) is 0. The maximum atomic E-state index is 11.9. The van der Waals surface area contributed by atoms with Gasteiger partial charge in [-0.25, -0.2) is 0 Å². The van der Waals surface area contributed by atoms with Gasteiger partial charge < -0.3 is 9.52 Å². The standard InChI is InChI=1S/C13H18N4O4/c1-7-4-17(5-9(7)12(19)20)6-10(18)14-13-16-15-11(21-13)8-2-3-8/h7-9H,2-6H2,1H3,(H,19,20)(H,14,16,18)/t7-,9-/m1/s1. The Hall–Kier alpha value is -1.96. The van der Waals surface area contributed by atoms with Gasteiger partial charge >= 0.3 is 12.0 Å². The molecule has 8 nitrogen and oxygen atoms in total. The van der Waals surface area contributed by atoms with Gasteiger partial charge in [0.25, 0.3) is 0 Å². The molecule has 0 spiro atoms. The van der Waals surface area contributed by atoms with Crippen molar-refractivity contribution in [2.45, 2.75) is 25.7 Å². The molecule has 2 aliphatic rings. The molecule has 2 N–H and O–H groups in total. The molecule has 114 valence electrons. The smallest absolute Gasteiger partial charge is 0.322 e. The molecule has 0 unspecified atom stereocenters. The van der Waals surface area contributed by atoms with E-state index >= 15 is 0 Å². The molecular formula is C13H18N4O4. The third-order valence-corrected chi connectivity index (χ3v) is 3.99. The minimum absolute atomic E-state index is 0.0418. The van der Waals surface area contributed by atoms with Crippen LogP contribution >= 0.6 is 0 Å². The van der Waals surface area contributed by atoms with Crippen molar-refractivity contribution in [3.63, 3.8) is 0 Å². The van der Waals surface area contributed by atoms with Gasteiger partial charge in [-0.15, -0.1) is 5.10 Å². The minimum atomic E-state index is -0.809. The van der Waals surface area contributed by atoms with Crippen LogP contribution in [0.15, 0.2) is 4.42 Å². The van der Waals surface area contributed by atoms with Gasteiger partial charge in [-0.3, -0.25) is 19.8 Å². The van der Waals surface area contributed by atoms with Crippen molar-refractivity contribution >= 4 is 17.9 Å². The summed E-state index contributed by atoms with van der Waals surface area (Å²) in [4.78, 5) is 24.8. The summed E-state index contributed by atoms with van der Waals surface area (Å²) in [7, 11) is 0. The first kappa shape index (κ1) is 14.0. The van der Waals surface area contributed by atoms with Gasteiger partial charge in [-0.2, -0.15) is 0 Å². The molecule has 1 aromatic rings. The number of nitrogens with one attached hydrogen (secondary N) is 1. The molecule has 2 heterocycles. The van der Waals surface area contributed by atoms with Crippen LogP contribution in [0.3, 0.4) is 0 Å². The highest BCUT2D eigenvalue weighted by atomic mass is 16.4. The van der Waals surface area contributed by atoms with E-state index in [4.69, 9.17) is 9.52 Å². The number of anilines is 1. The molecule has 2 fully saturated rings. The number of likely N-dealkylation sites (tertiary alicyclic amines) is 1. The van der Waals surface area contributed by atoms with Crippen molar-refractivity contribution in [3.05, 3.63) is 5.89 Å². The van der Waals surface area contributed by atoms with E-state index in [1.54, 1.807) is 0 Å². The van der Waals surface area contributed by atoms with Crippen LogP contribution in [0.2, 0.25) is 0 Å². The Morgan fingerprint density at radius 1 is 1.38 bits per heavy atom. The SMILES string of the molecule is C[C@@H]1CN(CC(=O)Nc2nnc(C3CC3)o2)C[C@H]1C(=O)O. The summed E-state index contributed by atoms with van der Waals surface area (Å²) in [5.74, 6) is -0.525. The number of amides is 1. The Kier molecular flexibility index (Phi) is 3.62. The van der Waals surface area contributed by atoms with Crippen LogP contribution in [-0.2, 0) is 9.59 Å². The predicted molar refractivity (Wildman–Crippen MR) is 71.6 cm³/mol. The molecule has 1 aliphatic carbocycles. The molecule has 0 radical (unpaired) electrons. The average molecular weight is 294 g/mol. The topological polar surface area (TPSA) is 109 Å². The van der Waals surface area contributed by atoms with E-state index < -0.39 is 11.9 Å².